The second kappa shape index (κ2) is 9.79. The van der Waals surface area contributed by atoms with E-state index in [0.717, 1.165) is 28.1 Å². The largest absolute Gasteiger partial charge is 0.292 e. The Morgan fingerprint density at radius 3 is 1.83 bits per heavy atom. The molecule has 1 atom stereocenters. The molecule has 0 saturated heterocycles. The summed E-state index contributed by atoms with van der Waals surface area (Å²) < 4.78 is 2.27. The predicted octanol–water partition coefficient (Wildman–Crippen LogP) is 8.96. The SMILES string of the molecule is Bc1ccc2c(c1)-c1ccccc1C21c2ccccc2-c2cc(-c3cccc(-c4nc5ccccc5n4-c4ccccc4)c3)ccc21. The highest BCUT2D eigenvalue weighted by molar-refractivity contribution is 6.32. The van der Waals surface area contributed by atoms with Crippen LogP contribution in [0, 0.1) is 0 Å². The van der Waals surface area contributed by atoms with Crippen molar-refractivity contribution in [1.82, 2.24) is 9.55 Å². The number of aromatic nitrogens is 2. The lowest BCUT2D eigenvalue weighted by Gasteiger charge is -2.30. The molecular formula is C44H29BN2. The Labute approximate surface area is 275 Å². The summed E-state index contributed by atoms with van der Waals surface area (Å²) in [5.41, 5.74) is 18.4. The Morgan fingerprint density at radius 2 is 1.04 bits per heavy atom. The van der Waals surface area contributed by atoms with Crippen molar-refractivity contribution in [2.45, 2.75) is 5.41 Å². The molecule has 1 aromatic heterocycles. The summed E-state index contributed by atoms with van der Waals surface area (Å²) in [6.07, 6.45) is 0. The second-order valence-electron chi connectivity index (χ2n) is 12.8. The van der Waals surface area contributed by atoms with Gasteiger partial charge in [-0.25, -0.2) is 4.98 Å². The van der Waals surface area contributed by atoms with Crippen LogP contribution in [0.5, 0.6) is 0 Å². The van der Waals surface area contributed by atoms with Crippen molar-refractivity contribution in [2.75, 3.05) is 0 Å². The molecule has 0 N–H and O–H groups in total. The van der Waals surface area contributed by atoms with Crippen molar-refractivity contribution < 1.29 is 0 Å². The highest BCUT2D eigenvalue weighted by Gasteiger charge is 2.51. The van der Waals surface area contributed by atoms with E-state index >= 15 is 0 Å². The summed E-state index contributed by atoms with van der Waals surface area (Å²) in [6, 6.07) is 59.9. The molecular weight excluding hydrogens is 567 g/mol. The Balaban J connectivity index is 1.17. The maximum atomic E-state index is 5.14. The summed E-state index contributed by atoms with van der Waals surface area (Å²) in [6.45, 7) is 0. The van der Waals surface area contributed by atoms with E-state index in [2.05, 4.69) is 176 Å². The predicted molar refractivity (Wildman–Crippen MR) is 196 cm³/mol. The highest BCUT2D eigenvalue weighted by Crippen LogP contribution is 2.62. The topological polar surface area (TPSA) is 17.8 Å². The molecule has 1 spiro atoms. The van der Waals surface area contributed by atoms with Crippen LogP contribution in [0.2, 0.25) is 0 Å². The smallest absolute Gasteiger partial charge is 0.145 e. The van der Waals surface area contributed by atoms with Crippen molar-refractivity contribution >= 4 is 24.3 Å². The molecule has 3 heteroatoms. The average molecular weight is 597 g/mol. The van der Waals surface area contributed by atoms with Gasteiger partial charge in [-0.2, -0.15) is 0 Å². The van der Waals surface area contributed by atoms with Gasteiger partial charge in [0, 0.05) is 11.3 Å². The van der Waals surface area contributed by atoms with Crippen molar-refractivity contribution in [2.24, 2.45) is 0 Å². The molecule has 0 radical (unpaired) electrons. The Kier molecular flexibility index (Phi) is 5.48. The van der Waals surface area contributed by atoms with E-state index in [0.29, 0.717) is 0 Å². The molecule has 47 heavy (non-hydrogen) atoms. The number of imidazole rings is 1. The first-order valence-electron chi connectivity index (χ1n) is 16.3. The van der Waals surface area contributed by atoms with Gasteiger partial charge in [0.25, 0.3) is 0 Å². The molecule has 0 amide bonds. The summed E-state index contributed by atoms with van der Waals surface area (Å²) in [4.78, 5) is 5.14. The van der Waals surface area contributed by atoms with E-state index in [-0.39, 0.29) is 5.41 Å². The minimum atomic E-state index is -0.327. The second-order valence-corrected chi connectivity index (χ2v) is 12.8. The maximum absolute atomic E-state index is 5.14. The molecule has 2 aliphatic carbocycles. The van der Waals surface area contributed by atoms with Gasteiger partial charge in [-0.15, -0.1) is 0 Å². The van der Waals surface area contributed by atoms with Crippen LogP contribution in [-0.2, 0) is 5.41 Å². The van der Waals surface area contributed by atoms with Crippen molar-refractivity contribution in [1.29, 1.82) is 0 Å². The van der Waals surface area contributed by atoms with Gasteiger partial charge in [-0.3, -0.25) is 4.57 Å². The first-order valence-corrected chi connectivity index (χ1v) is 16.3. The zero-order valence-electron chi connectivity index (χ0n) is 26.0. The number of nitrogens with zero attached hydrogens (tertiary/aromatic N) is 2. The quantitative estimate of drug-likeness (QED) is 0.186. The zero-order valence-corrected chi connectivity index (χ0v) is 26.0. The summed E-state index contributed by atoms with van der Waals surface area (Å²) in [5, 5.41) is 0. The van der Waals surface area contributed by atoms with Crippen LogP contribution in [0.3, 0.4) is 0 Å². The van der Waals surface area contributed by atoms with Crippen molar-refractivity contribution in [3.05, 3.63) is 186 Å². The molecule has 7 aromatic carbocycles. The van der Waals surface area contributed by atoms with E-state index in [1.807, 2.05) is 0 Å². The normalized spacial score (nSPS) is 15.4. The summed E-state index contributed by atoms with van der Waals surface area (Å²) in [5.74, 6) is 0.944. The number of rotatable bonds is 3. The number of para-hydroxylation sites is 3. The van der Waals surface area contributed by atoms with Crippen LogP contribution in [0.4, 0.5) is 0 Å². The third-order valence-electron chi connectivity index (χ3n) is 10.3. The summed E-state index contributed by atoms with van der Waals surface area (Å²) in [7, 11) is 2.19. The van der Waals surface area contributed by atoms with E-state index < -0.39 is 0 Å². The van der Waals surface area contributed by atoms with Crippen LogP contribution in [0.15, 0.2) is 164 Å². The fraction of sp³-hybridized carbons (Fsp3) is 0.0227. The molecule has 2 nitrogen and oxygen atoms in total. The highest BCUT2D eigenvalue weighted by atomic mass is 15.1. The molecule has 0 bridgehead atoms. The molecule has 0 aliphatic heterocycles. The molecule has 0 saturated carbocycles. The van der Waals surface area contributed by atoms with Gasteiger partial charge < -0.3 is 0 Å². The first kappa shape index (κ1) is 26.3. The van der Waals surface area contributed by atoms with Gasteiger partial charge in [0.05, 0.1) is 16.4 Å². The lowest BCUT2D eigenvalue weighted by Crippen LogP contribution is -2.26. The molecule has 10 rings (SSSR count). The molecule has 8 aromatic rings. The Hall–Kier alpha value is -5.93. The van der Waals surface area contributed by atoms with Crippen LogP contribution in [0.1, 0.15) is 22.3 Å². The number of hydrogen-bond donors (Lipinski definition) is 0. The number of benzene rings is 7. The van der Waals surface area contributed by atoms with E-state index in [1.165, 1.54) is 61.1 Å². The minimum absolute atomic E-state index is 0.327. The lowest BCUT2D eigenvalue weighted by molar-refractivity contribution is 0.794. The number of fused-ring (bicyclic) bond motifs is 11. The monoisotopic (exact) mass is 596 g/mol. The fourth-order valence-electron chi connectivity index (χ4n) is 8.34. The van der Waals surface area contributed by atoms with Crippen LogP contribution in [-0.4, -0.2) is 17.4 Å². The van der Waals surface area contributed by atoms with Gasteiger partial charge in [0.1, 0.15) is 13.7 Å². The van der Waals surface area contributed by atoms with Gasteiger partial charge in [-0.1, -0.05) is 133 Å². The number of hydrogen-bond acceptors (Lipinski definition) is 1. The Bertz CT molecular complexity index is 2540. The molecule has 0 fully saturated rings. The van der Waals surface area contributed by atoms with Crippen molar-refractivity contribution in [3.8, 4) is 50.5 Å². The van der Waals surface area contributed by atoms with Gasteiger partial charge in [0.2, 0.25) is 0 Å². The van der Waals surface area contributed by atoms with Crippen LogP contribution in [0.25, 0.3) is 61.5 Å². The maximum Gasteiger partial charge on any atom is 0.145 e. The van der Waals surface area contributed by atoms with E-state index in [4.69, 9.17) is 4.98 Å². The van der Waals surface area contributed by atoms with E-state index in [1.54, 1.807) is 0 Å². The molecule has 2 aliphatic rings. The average Bonchev–Trinajstić information content (AvgIpc) is 3.76. The standard InChI is InChI=1S/C44H29BN2/c45-31-22-24-40-36(27-31)34-16-5-7-18-38(34)44(40)37-17-6-4-15-33(37)35-26-29(21-23-39(35)44)28-11-10-12-30(25-28)43-46-41-19-8-9-20-42(41)47(43)32-13-2-1-3-14-32/h1-27H,45H2. The van der Waals surface area contributed by atoms with Gasteiger partial charge in [0.15, 0.2) is 0 Å². The third-order valence-corrected chi connectivity index (χ3v) is 10.3. The third kappa shape index (κ3) is 3.60. The molecule has 1 unspecified atom stereocenters. The van der Waals surface area contributed by atoms with Crippen molar-refractivity contribution in [3.63, 3.8) is 0 Å². The van der Waals surface area contributed by atoms with Gasteiger partial charge >= 0.3 is 0 Å². The zero-order chi connectivity index (χ0) is 31.1. The van der Waals surface area contributed by atoms with Gasteiger partial charge in [-0.05, 0) is 92.0 Å². The lowest BCUT2D eigenvalue weighted by atomic mass is 9.70. The first-order chi connectivity index (χ1) is 23.2. The van der Waals surface area contributed by atoms with Crippen LogP contribution >= 0.6 is 0 Å². The molecule has 218 valence electrons. The summed E-state index contributed by atoms with van der Waals surface area (Å²) >= 11 is 0. The van der Waals surface area contributed by atoms with E-state index in [9.17, 15) is 0 Å². The molecule has 1 heterocycles. The Morgan fingerprint density at radius 1 is 0.447 bits per heavy atom. The fourth-order valence-corrected chi connectivity index (χ4v) is 8.34. The minimum Gasteiger partial charge on any atom is -0.292 e. The van der Waals surface area contributed by atoms with Crippen LogP contribution < -0.4 is 5.46 Å².